The van der Waals surface area contributed by atoms with E-state index >= 15 is 0 Å². The van der Waals surface area contributed by atoms with E-state index in [1.807, 2.05) is 6.08 Å². The van der Waals surface area contributed by atoms with Gasteiger partial charge in [0.2, 0.25) is 8.32 Å². The van der Waals surface area contributed by atoms with Gasteiger partial charge in [-0.05, 0) is 22.7 Å². The molecule has 1 rings (SSSR count). The predicted molar refractivity (Wildman–Crippen MR) is 87.8 cm³/mol. The normalized spacial score (nSPS) is 22.6. The summed E-state index contributed by atoms with van der Waals surface area (Å²) in [5.74, 6) is 0. The lowest BCUT2D eigenvalue weighted by atomic mass is 10.2. The molecule has 0 saturated carbocycles. The van der Waals surface area contributed by atoms with E-state index in [2.05, 4.69) is 41.5 Å². The fourth-order valence-electron chi connectivity index (χ4n) is 3.57. The number of rotatable bonds is 9. The van der Waals surface area contributed by atoms with Gasteiger partial charge >= 0.3 is 0 Å². The van der Waals surface area contributed by atoms with Gasteiger partial charge in [-0.15, -0.1) is 0 Å². The number of ether oxygens (including phenoxy) is 3. The van der Waals surface area contributed by atoms with Crippen LogP contribution in [0, 0.1) is 0 Å². The maximum absolute atomic E-state index is 6.73. The molecule has 0 fully saturated rings. The fourth-order valence-corrected chi connectivity index (χ4v) is 9.08. The van der Waals surface area contributed by atoms with Crippen LogP contribution in [0.4, 0.5) is 0 Å². The van der Waals surface area contributed by atoms with Gasteiger partial charge in [-0.3, -0.25) is 0 Å². The van der Waals surface area contributed by atoms with E-state index in [1.54, 1.807) is 13.4 Å². The van der Waals surface area contributed by atoms with Crippen molar-refractivity contribution in [2.45, 2.75) is 70.4 Å². The summed E-state index contributed by atoms with van der Waals surface area (Å²) in [6, 6.07) is 0. The van der Waals surface area contributed by atoms with E-state index in [0.29, 0.717) is 23.2 Å². The Hall–Kier alpha value is -0.363. The molecule has 0 aromatic carbocycles. The van der Waals surface area contributed by atoms with Crippen LogP contribution in [0.2, 0.25) is 16.6 Å². The van der Waals surface area contributed by atoms with Crippen LogP contribution in [-0.2, 0) is 18.6 Å². The molecule has 0 aliphatic carbocycles. The molecule has 0 spiro atoms. The molecule has 1 aliphatic heterocycles. The Morgan fingerprint density at radius 1 is 1.05 bits per heavy atom. The monoisotopic (exact) mass is 316 g/mol. The third-order valence-electron chi connectivity index (χ3n) is 4.42. The first-order valence-electron chi connectivity index (χ1n) is 7.92. The standard InChI is InChI=1S/C16H32O4Si/c1-12(2)21(13(3)4,14(5)6)20-15-8-9-19-16(15)10-18-11-17-7/h8-9,12-16H,10-11H2,1-7H3/t15-,16-/m0/s1. The molecule has 0 saturated heterocycles. The Morgan fingerprint density at radius 2 is 1.62 bits per heavy atom. The van der Waals surface area contributed by atoms with Gasteiger partial charge < -0.3 is 18.6 Å². The molecule has 4 nitrogen and oxygen atoms in total. The molecule has 0 amide bonds. The Balaban J connectivity index is 2.80. The first-order valence-corrected chi connectivity index (χ1v) is 10.1. The summed E-state index contributed by atoms with van der Waals surface area (Å²) in [5.41, 5.74) is 1.69. The molecule has 0 aromatic rings. The molecule has 21 heavy (non-hydrogen) atoms. The zero-order valence-corrected chi connectivity index (χ0v) is 15.6. The van der Waals surface area contributed by atoms with Crippen molar-refractivity contribution >= 4 is 8.32 Å². The average molecular weight is 317 g/mol. The third kappa shape index (κ3) is 4.31. The van der Waals surface area contributed by atoms with Crippen molar-refractivity contribution < 1.29 is 18.6 Å². The SMILES string of the molecule is COCOC[C@@H]1OC=C[C@@H]1O[Si](C(C)C)(C(C)C)C(C)C. The highest BCUT2D eigenvalue weighted by Gasteiger charge is 2.48. The minimum Gasteiger partial charge on any atom is -0.493 e. The van der Waals surface area contributed by atoms with Crippen molar-refractivity contribution in [2.24, 2.45) is 0 Å². The van der Waals surface area contributed by atoms with E-state index in [1.165, 1.54) is 0 Å². The Morgan fingerprint density at radius 3 is 2.10 bits per heavy atom. The zero-order valence-electron chi connectivity index (χ0n) is 14.6. The lowest BCUT2D eigenvalue weighted by Gasteiger charge is -2.44. The average Bonchev–Trinajstić information content (AvgIpc) is 2.82. The minimum atomic E-state index is -1.90. The van der Waals surface area contributed by atoms with Gasteiger partial charge in [-0.2, -0.15) is 0 Å². The molecule has 124 valence electrons. The van der Waals surface area contributed by atoms with Gasteiger partial charge in [0.05, 0.1) is 12.9 Å². The highest BCUT2D eigenvalue weighted by molar-refractivity contribution is 6.77. The number of methoxy groups -OCH3 is 1. The maximum Gasteiger partial charge on any atom is 0.201 e. The van der Waals surface area contributed by atoms with Gasteiger partial charge in [-0.1, -0.05) is 41.5 Å². The van der Waals surface area contributed by atoms with E-state index in [4.69, 9.17) is 18.6 Å². The van der Waals surface area contributed by atoms with Crippen molar-refractivity contribution in [1.82, 2.24) is 0 Å². The summed E-state index contributed by atoms with van der Waals surface area (Å²) in [4.78, 5) is 0. The highest BCUT2D eigenvalue weighted by atomic mass is 28.4. The molecular formula is C16H32O4Si. The smallest absolute Gasteiger partial charge is 0.201 e. The van der Waals surface area contributed by atoms with Crippen LogP contribution in [0.5, 0.6) is 0 Å². The van der Waals surface area contributed by atoms with Crippen LogP contribution in [0.1, 0.15) is 41.5 Å². The summed E-state index contributed by atoms with van der Waals surface area (Å²) in [6.07, 6.45) is 3.69. The largest absolute Gasteiger partial charge is 0.493 e. The van der Waals surface area contributed by atoms with Crippen LogP contribution in [-0.4, -0.2) is 41.0 Å². The molecule has 0 bridgehead atoms. The van der Waals surface area contributed by atoms with Gasteiger partial charge in [0, 0.05) is 7.11 Å². The summed E-state index contributed by atoms with van der Waals surface area (Å²) < 4.78 is 22.7. The summed E-state index contributed by atoms with van der Waals surface area (Å²) >= 11 is 0. The van der Waals surface area contributed by atoms with Crippen LogP contribution < -0.4 is 0 Å². The van der Waals surface area contributed by atoms with E-state index < -0.39 is 8.32 Å². The first kappa shape index (κ1) is 18.7. The quantitative estimate of drug-likeness (QED) is 0.365. The molecule has 0 N–H and O–H groups in total. The van der Waals surface area contributed by atoms with Crippen molar-refractivity contribution in [3.63, 3.8) is 0 Å². The minimum absolute atomic E-state index is 0.0132. The lowest BCUT2D eigenvalue weighted by molar-refractivity contribution is -0.0752. The third-order valence-corrected chi connectivity index (χ3v) is 10.5. The van der Waals surface area contributed by atoms with Gasteiger partial charge in [0.25, 0.3) is 0 Å². The summed E-state index contributed by atoms with van der Waals surface area (Å²) in [5, 5.41) is 0. The molecule has 1 aliphatic rings. The topological polar surface area (TPSA) is 36.9 Å². The molecule has 5 heteroatoms. The molecule has 0 unspecified atom stereocenters. The van der Waals surface area contributed by atoms with Crippen molar-refractivity contribution in [2.75, 3.05) is 20.5 Å². The predicted octanol–water partition coefficient (Wildman–Crippen LogP) is 4.08. The zero-order chi connectivity index (χ0) is 16.0. The van der Waals surface area contributed by atoms with Gasteiger partial charge in [-0.25, -0.2) is 0 Å². The van der Waals surface area contributed by atoms with E-state index in [9.17, 15) is 0 Å². The fraction of sp³-hybridized carbons (Fsp3) is 0.875. The first-order chi connectivity index (χ1) is 9.86. The summed E-state index contributed by atoms with van der Waals surface area (Å²) in [6.45, 7) is 14.5. The van der Waals surface area contributed by atoms with Crippen LogP contribution >= 0.6 is 0 Å². The molecular weight excluding hydrogens is 284 g/mol. The Bertz CT molecular complexity index is 306. The van der Waals surface area contributed by atoms with Crippen molar-refractivity contribution in [1.29, 1.82) is 0 Å². The van der Waals surface area contributed by atoms with Crippen LogP contribution in [0.25, 0.3) is 0 Å². The van der Waals surface area contributed by atoms with E-state index in [-0.39, 0.29) is 19.0 Å². The van der Waals surface area contributed by atoms with Crippen molar-refractivity contribution in [3.8, 4) is 0 Å². The maximum atomic E-state index is 6.73. The molecule has 0 radical (unpaired) electrons. The van der Waals surface area contributed by atoms with Crippen LogP contribution in [0.3, 0.4) is 0 Å². The van der Waals surface area contributed by atoms with E-state index in [0.717, 1.165) is 0 Å². The van der Waals surface area contributed by atoms with Crippen molar-refractivity contribution in [3.05, 3.63) is 12.3 Å². The van der Waals surface area contributed by atoms with Gasteiger partial charge in [0.1, 0.15) is 19.0 Å². The second kappa shape index (κ2) is 8.32. The second-order valence-electron chi connectivity index (χ2n) is 6.68. The van der Waals surface area contributed by atoms with Crippen LogP contribution in [0.15, 0.2) is 12.3 Å². The Kier molecular flexibility index (Phi) is 7.40. The summed E-state index contributed by atoms with van der Waals surface area (Å²) in [7, 11) is -0.279. The number of hydrogen-bond donors (Lipinski definition) is 0. The molecule has 2 atom stereocenters. The lowest BCUT2D eigenvalue weighted by Crippen LogP contribution is -2.52. The highest BCUT2D eigenvalue weighted by Crippen LogP contribution is 2.43. The Labute approximate surface area is 130 Å². The van der Waals surface area contributed by atoms with Gasteiger partial charge in [0.15, 0.2) is 0 Å². The number of hydrogen-bond acceptors (Lipinski definition) is 4. The molecule has 0 aromatic heterocycles. The second-order valence-corrected chi connectivity index (χ2v) is 12.1. The molecule has 1 heterocycles.